The van der Waals surface area contributed by atoms with E-state index in [1.807, 2.05) is 0 Å². The molecular weight excluding hydrogens is 573 g/mol. The Bertz CT molecular complexity index is 1590. The number of rotatable bonds is 7. The molecule has 10 nitrogen and oxygen atoms in total. The highest BCUT2D eigenvalue weighted by Crippen LogP contribution is 2.33. The topological polar surface area (TPSA) is 144 Å². The zero-order valence-electron chi connectivity index (χ0n) is 19.8. The minimum atomic E-state index is -1.08. The lowest BCUT2D eigenvalue weighted by molar-refractivity contribution is -0.387. The molecule has 0 heterocycles. The highest BCUT2D eigenvalue weighted by molar-refractivity contribution is 6.35. The molecule has 0 aliphatic rings. The molecule has 0 aliphatic heterocycles. The van der Waals surface area contributed by atoms with E-state index in [0.29, 0.717) is 11.1 Å². The maximum atomic E-state index is 13.6. The van der Waals surface area contributed by atoms with Crippen LogP contribution in [0, 0.1) is 31.9 Å². The molecule has 0 saturated carbocycles. The van der Waals surface area contributed by atoms with Gasteiger partial charge in [-0.15, -0.1) is 0 Å². The summed E-state index contributed by atoms with van der Waals surface area (Å²) in [4.78, 5) is 45.1. The fourth-order valence-electron chi connectivity index (χ4n) is 3.57. The van der Waals surface area contributed by atoms with E-state index >= 15 is 0 Å². The second-order valence-electron chi connectivity index (χ2n) is 8.14. The summed E-state index contributed by atoms with van der Waals surface area (Å²) in [5, 5.41) is 27.1. The Morgan fingerprint density at radius 1 is 0.625 bits per heavy atom. The van der Waals surface area contributed by atoms with Crippen molar-refractivity contribution >= 4 is 57.8 Å². The normalized spacial score (nSPS) is 10.6. The minimum Gasteiger partial charge on any atom is -0.321 e. The molecule has 0 aliphatic carbocycles. The van der Waals surface area contributed by atoms with Gasteiger partial charge in [0.05, 0.1) is 31.3 Å². The molecule has 4 aromatic rings. The van der Waals surface area contributed by atoms with Crippen LogP contribution in [0.2, 0.25) is 10.0 Å². The van der Waals surface area contributed by atoms with Crippen molar-refractivity contribution in [3.8, 4) is 11.1 Å². The fraction of sp³-hybridized carbons (Fsp3) is 0. The van der Waals surface area contributed by atoms with Gasteiger partial charge in [0.1, 0.15) is 0 Å². The molecule has 0 radical (unpaired) electrons. The first-order valence-electron chi connectivity index (χ1n) is 11.0. The lowest BCUT2D eigenvalue weighted by Gasteiger charge is -2.12. The molecule has 2 N–H and O–H groups in total. The molecule has 202 valence electrons. The van der Waals surface area contributed by atoms with Crippen LogP contribution in [0.25, 0.3) is 11.1 Å². The maximum Gasteiger partial charge on any atom is 0.305 e. The summed E-state index contributed by atoms with van der Waals surface area (Å²) in [6, 6.07) is 14.7. The van der Waals surface area contributed by atoms with Gasteiger partial charge < -0.3 is 10.6 Å². The SMILES string of the molecule is O=C(Nc1ccc(-c2ccc(NC(=O)c3ccc(F)c([N+](=O)[O-])c3)c(Cl)c2)cc1Cl)c1ccc(F)c([N+](=O)[O-])c1. The fourth-order valence-corrected chi connectivity index (χ4v) is 4.02. The Kier molecular flexibility index (Phi) is 8.03. The van der Waals surface area contributed by atoms with E-state index in [0.717, 1.165) is 36.4 Å². The average Bonchev–Trinajstić information content (AvgIpc) is 2.91. The van der Waals surface area contributed by atoms with Crippen LogP contribution < -0.4 is 10.6 Å². The van der Waals surface area contributed by atoms with Crippen molar-refractivity contribution in [1.29, 1.82) is 0 Å². The van der Waals surface area contributed by atoms with Crippen molar-refractivity contribution in [2.24, 2.45) is 0 Å². The van der Waals surface area contributed by atoms with Gasteiger partial charge in [-0.2, -0.15) is 8.78 Å². The minimum absolute atomic E-state index is 0.119. The van der Waals surface area contributed by atoms with E-state index in [4.69, 9.17) is 23.2 Å². The quantitative estimate of drug-likeness (QED) is 0.172. The first kappa shape index (κ1) is 28.1. The lowest BCUT2D eigenvalue weighted by atomic mass is 10.0. The second-order valence-corrected chi connectivity index (χ2v) is 8.96. The Balaban J connectivity index is 1.50. The smallest absolute Gasteiger partial charge is 0.305 e. The summed E-state index contributed by atoms with van der Waals surface area (Å²) in [6.07, 6.45) is 0. The Labute approximate surface area is 233 Å². The summed E-state index contributed by atoms with van der Waals surface area (Å²) >= 11 is 12.6. The standard InChI is InChI=1S/C26H14Cl2F2N4O6/c27-17-9-13(3-7-21(17)31-25(35)15-1-5-19(29)23(11-15)33(37)38)14-4-8-22(18(28)10-14)32-26(36)16-2-6-20(30)24(12-16)34(39)40/h1-12H,(H,31,35)(H,32,36). The summed E-state index contributed by atoms with van der Waals surface area (Å²) in [5.41, 5.74) is -0.449. The summed E-state index contributed by atoms with van der Waals surface area (Å²) in [5.74, 6) is -3.64. The number of nitro groups is 2. The predicted octanol–water partition coefficient (Wildman–Crippen LogP) is 7.26. The van der Waals surface area contributed by atoms with Gasteiger partial charge in [-0.05, 0) is 59.7 Å². The number of nitrogens with zero attached hydrogens (tertiary/aromatic N) is 2. The lowest BCUT2D eigenvalue weighted by Crippen LogP contribution is -2.13. The van der Waals surface area contributed by atoms with E-state index in [1.54, 1.807) is 12.1 Å². The van der Waals surface area contributed by atoms with Crippen LogP contribution in [0.3, 0.4) is 0 Å². The van der Waals surface area contributed by atoms with Crippen LogP contribution in [-0.4, -0.2) is 21.7 Å². The van der Waals surface area contributed by atoms with E-state index in [-0.39, 0.29) is 32.5 Å². The molecule has 0 fully saturated rings. The number of amides is 2. The van der Waals surface area contributed by atoms with Crippen LogP contribution in [0.4, 0.5) is 31.5 Å². The molecule has 0 spiro atoms. The van der Waals surface area contributed by atoms with Crippen molar-refractivity contribution in [1.82, 2.24) is 0 Å². The van der Waals surface area contributed by atoms with Crippen LogP contribution >= 0.6 is 23.2 Å². The molecule has 2 amide bonds. The zero-order chi connectivity index (χ0) is 29.1. The Morgan fingerprint density at radius 3 is 1.32 bits per heavy atom. The average molecular weight is 587 g/mol. The molecule has 4 rings (SSSR count). The Hall–Kier alpha value is -4.94. The molecule has 40 heavy (non-hydrogen) atoms. The van der Waals surface area contributed by atoms with Crippen LogP contribution in [-0.2, 0) is 0 Å². The predicted molar refractivity (Wildman–Crippen MR) is 144 cm³/mol. The largest absolute Gasteiger partial charge is 0.321 e. The molecule has 0 unspecified atom stereocenters. The molecule has 14 heteroatoms. The number of anilines is 2. The van der Waals surface area contributed by atoms with Crippen LogP contribution in [0.5, 0.6) is 0 Å². The third-order valence-electron chi connectivity index (χ3n) is 5.58. The number of carbonyl (C=O) groups excluding carboxylic acids is 2. The molecular formula is C26H14Cl2F2N4O6. The summed E-state index contributed by atoms with van der Waals surface area (Å²) in [7, 11) is 0. The second kappa shape index (κ2) is 11.4. The number of benzene rings is 4. The third-order valence-corrected chi connectivity index (χ3v) is 6.20. The van der Waals surface area contributed by atoms with E-state index < -0.39 is 44.7 Å². The van der Waals surface area contributed by atoms with Gasteiger partial charge >= 0.3 is 11.4 Å². The van der Waals surface area contributed by atoms with Crippen LogP contribution in [0.15, 0.2) is 72.8 Å². The van der Waals surface area contributed by atoms with Gasteiger partial charge in [0.15, 0.2) is 0 Å². The van der Waals surface area contributed by atoms with E-state index in [9.17, 15) is 38.6 Å². The first-order valence-corrected chi connectivity index (χ1v) is 11.8. The molecule has 4 aromatic carbocycles. The third kappa shape index (κ3) is 6.03. The first-order chi connectivity index (χ1) is 18.9. The molecule has 0 aromatic heterocycles. The number of halogens is 4. The van der Waals surface area contributed by atoms with Gasteiger partial charge in [-0.25, -0.2) is 0 Å². The number of nitro benzene ring substituents is 2. The highest BCUT2D eigenvalue weighted by atomic mass is 35.5. The van der Waals surface area contributed by atoms with Crippen LogP contribution in [0.1, 0.15) is 20.7 Å². The van der Waals surface area contributed by atoms with Crippen molar-refractivity contribution in [2.75, 3.05) is 10.6 Å². The number of hydrogen-bond acceptors (Lipinski definition) is 6. The van der Waals surface area contributed by atoms with Gasteiger partial charge in [0.2, 0.25) is 11.6 Å². The number of hydrogen-bond donors (Lipinski definition) is 2. The van der Waals surface area contributed by atoms with E-state index in [2.05, 4.69) is 10.6 Å². The van der Waals surface area contributed by atoms with Gasteiger partial charge in [0.25, 0.3) is 11.8 Å². The summed E-state index contributed by atoms with van der Waals surface area (Å²) < 4.78 is 27.1. The molecule has 0 saturated heterocycles. The number of nitrogens with one attached hydrogen (secondary N) is 2. The Morgan fingerprint density at radius 2 is 1.00 bits per heavy atom. The zero-order valence-corrected chi connectivity index (χ0v) is 21.3. The highest BCUT2D eigenvalue weighted by Gasteiger charge is 2.20. The maximum absolute atomic E-state index is 13.6. The van der Waals surface area contributed by atoms with E-state index in [1.165, 1.54) is 24.3 Å². The van der Waals surface area contributed by atoms with Crippen molar-refractivity contribution < 1.29 is 28.2 Å². The van der Waals surface area contributed by atoms with Crippen molar-refractivity contribution in [2.45, 2.75) is 0 Å². The molecule has 0 bridgehead atoms. The van der Waals surface area contributed by atoms with Gasteiger partial charge in [0, 0.05) is 23.3 Å². The van der Waals surface area contributed by atoms with Crippen molar-refractivity contribution in [3.63, 3.8) is 0 Å². The molecule has 0 atom stereocenters. The monoisotopic (exact) mass is 586 g/mol. The van der Waals surface area contributed by atoms with Crippen molar-refractivity contribution in [3.05, 3.63) is 126 Å². The van der Waals surface area contributed by atoms with Gasteiger partial charge in [-0.1, -0.05) is 35.3 Å². The summed E-state index contributed by atoms with van der Waals surface area (Å²) in [6.45, 7) is 0. The number of carbonyl (C=O) groups is 2. The van der Waals surface area contributed by atoms with Gasteiger partial charge in [-0.3, -0.25) is 29.8 Å².